The Morgan fingerprint density at radius 2 is 1.84 bits per heavy atom. The van der Waals surface area contributed by atoms with Crippen LogP contribution < -0.4 is 10.9 Å². The number of carbonyl (C=O) groups is 1. The highest BCUT2D eigenvalue weighted by molar-refractivity contribution is 5.75. The van der Waals surface area contributed by atoms with E-state index < -0.39 is 11.8 Å². The molecule has 7 nitrogen and oxygen atoms in total. The standard InChI is InChI=1S/C11H9FN6O/c12-8-5-14-10(15-6-8)7-1-3-9(4-2-7)17-18-11(19)16-13/h1-6,13,17H,(H,18,19). The molecule has 0 aliphatic carbocycles. The zero-order chi connectivity index (χ0) is 13.7. The van der Waals surface area contributed by atoms with Gasteiger partial charge in [-0.25, -0.2) is 24.6 Å². The first-order chi connectivity index (χ1) is 9.19. The summed E-state index contributed by atoms with van der Waals surface area (Å²) in [5.41, 5.74) is 12.5. The van der Waals surface area contributed by atoms with Crippen molar-refractivity contribution in [2.24, 2.45) is 5.11 Å². The second-order valence-electron chi connectivity index (χ2n) is 3.47. The van der Waals surface area contributed by atoms with Crippen LogP contribution in [0.1, 0.15) is 0 Å². The van der Waals surface area contributed by atoms with Crippen molar-refractivity contribution in [3.63, 3.8) is 0 Å². The van der Waals surface area contributed by atoms with Crippen LogP contribution in [-0.2, 0) is 0 Å². The highest BCUT2D eigenvalue weighted by Crippen LogP contribution is 2.17. The summed E-state index contributed by atoms with van der Waals surface area (Å²) >= 11 is 0. The minimum Gasteiger partial charge on any atom is -0.297 e. The average molecular weight is 260 g/mol. The number of amides is 2. The van der Waals surface area contributed by atoms with Crippen LogP contribution in [0.3, 0.4) is 0 Å². The summed E-state index contributed by atoms with van der Waals surface area (Å²) in [6.45, 7) is 0. The van der Waals surface area contributed by atoms with E-state index in [-0.39, 0.29) is 0 Å². The zero-order valence-corrected chi connectivity index (χ0v) is 9.59. The van der Waals surface area contributed by atoms with Gasteiger partial charge in [0, 0.05) is 5.56 Å². The molecule has 0 saturated carbocycles. The van der Waals surface area contributed by atoms with E-state index >= 15 is 0 Å². The molecule has 0 radical (unpaired) electrons. The number of hydrogen-bond donors (Lipinski definition) is 3. The summed E-state index contributed by atoms with van der Waals surface area (Å²) in [6, 6.07) is 5.96. The lowest BCUT2D eigenvalue weighted by molar-refractivity contribution is 0.249. The van der Waals surface area contributed by atoms with Gasteiger partial charge in [-0.3, -0.25) is 5.43 Å². The molecule has 0 spiro atoms. The van der Waals surface area contributed by atoms with Gasteiger partial charge in [0.15, 0.2) is 11.6 Å². The van der Waals surface area contributed by atoms with E-state index in [2.05, 4.69) is 25.9 Å². The average Bonchev–Trinajstić information content (AvgIpc) is 2.46. The molecule has 0 unspecified atom stereocenters. The van der Waals surface area contributed by atoms with Crippen molar-refractivity contribution in [3.8, 4) is 11.4 Å². The van der Waals surface area contributed by atoms with E-state index in [0.717, 1.165) is 12.4 Å². The first kappa shape index (κ1) is 12.6. The van der Waals surface area contributed by atoms with Crippen LogP contribution in [0, 0.1) is 11.3 Å². The summed E-state index contributed by atoms with van der Waals surface area (Å²) in [7, 11) is 0. The predicted molar refractivity (Wildman–Crippen MR) is 64.7 cm³/mol. The minimum atomic E-state index is -0.800. The smallest absolute Gasteiger partial charge is 0.297 e. The van der Waals surface area contributed by atoms with Gasteiger partial charge in [-0.2, -0.15) is 5.53 Å². The number of nitrogens with one attached hydrogen (secondary N) is 3. The second-order valence-corrected chi connectivity index (χ2v) is 3.47. The van der Waals surface area contributed by atoms with Gasteiger partial charge in [0.1, 0.15) is 0 Å². The molecule has 8 heteroatoms. The maximum absolute atomic E-state index is 12.7. The van der Waals surface area contributed by atoms with Crippen molar-refractivity contribution in [1.82, 2.24) is 15.4 Å². The quantitative estimate of drug-likeness (QED) is 0.582. The largest absolute Gasteiger partial charge is 0.377 e. The SMILES string of the molecule is N=NC(=O)NNc1ccc(-c2ncc(F)cn2)cc1. The Morgan fingerprint density at radius 1 is 1.21 bits per heavy atom. The van der Waals surface area contributed by atoms with Gasteiger partial charge in [0.25, 0.3) is 0 Å². The molecule has 3 N–H and O–H groups in total. The lowest BCUT2D eigenvalue weighted by Crippen LogP contribution is -2.25. The fourth-order valence-electron chi connectivity index (χ4n) is 1.32. The topological polar surface area (TPSA) is 103 Å². The Hall–Kier alpha value is -2.90. The van der Waals surface area contributed by atoms with Crippen molar-refractivity contribution in [2.45, 2.75) is 0 Å². The van der Waals surface area contributed by atoms with Gasteiger partial charge in [0.05, 0.1) is 18.1 Å². The molecular formula is C11H9FN6O. The number of anilines is 1. The maximum atomic E-state index is 12.7. The van der Waals surface area contributed by atoms with E-state index in [1.54, 1.807) is 24.3 Å². The number of nitrogens with zero attached hydrogens (tertiary/aromatic N) is 3. The normalized spacial score (nSPS) is 9.74. The third-order valence-corrected chi connectivity index (χ3v) is 2.18. The van der Waals surface area contributed by atoms with Crippen LogP contribution in [-0.4, -0.2) is 16.0 Å². The summed E-state index contributed by atoms with van der Waals surface area (Å²) in [4.78, 5) is 18.4. The number of halogens is 1. The van der Waals surface area contributed by atoms with E-state index in [0.29, 0.717) is 17.1 Å². The van der Waals surface area contributed by atoms with Crippen LogP contribution in [0.4, 0.5) is 14.9 Å². The van der Waals surface area contributed by atoms with Crippen LogP contribution >= 0.6 is 0 Å². The van der Waals surface area contributed by atoms with E-state index in [1.807, 2.05) is 0 Å². The lowest BCUT2D eigenvalue weighted by atomic mass is 10.2. The van der Waals surface area contributed by atoms with Crippen molar-refractivity contribution in [1.29, 1.82) is 5.53 Å². The van der Waals surface area contributed by atoms with Crippen LogP contribution in [0.15, 0.2) is 41.8 Å². The second kappa shape index (κ2) is 5.63. The fourth-order valence-corrected chi connectivity index (χ4v) is 1.32. The molecule has 0 bridgehead atoms. The monoisotopic (exact) mass is 260 g/mol. The molecule has 2 rings (SSSR count). The molecular weight excluding hydrogens is 251 g/mol. The summed E-state index contributed by atoms with van der Waals surface area (Å²) in [6.07, 6.45) is 2.18. The fraction of sp³-hybridized carbons (Fsp3) is 0. The molecule has 0 atom stereocenters. The van der Waals surface area contributed by atoms with Gasteiger partial charge < -0.3 is 0 Å². The molecule has 2 amide bonds. The summed E-state index contributed by atoms with van der Waals surface area (Å²) < 4.78 is 12.7. The number of carbonyl (C=O) groups excluding carboxylic acids is 1. The molecule has 0 fully saturated rings. The number of rotatable bonds is 3. The van der Waals surface area contributed by atoms with Crippen LogP contribution in [0.25, 0.3) is 11.4 Å². The first-order valence-electron chi connectivity index (χ1n) is 5.20. The lowest BCUT2D eigenvalue weighted by Gasteiger charge is -2.06. The van der Waals surface area contributed by atoms with E-state index in [4.69, 9.17) is 5.53 Å². The van der Waals surface area contributed by atoms with Gasteiger partial charge in [-0.05, 0) is 24.3 Å². The Bertz CT molecular complexity index is 583. The Balaban J connectivity index is 2.07. The molecule has 0 aliphatic heterocycles. The van der Waals surface area contributed by atoms with Crippen molar-refractivity contribution in [3.05, 3.63) is 42.5 Å². The predicted octanol–water partition coefficient (Wildman–Crippen LogP) is 2.35. The zero-order valence-electron chi connectivity index (χ0n) is 9.59. The highest BCUT2D eigenvalue weighted by atomic mass is 19.1. The van der Waals surface area contributed by atoms with Gasteiger partial charge in [-0.15, -0.1) is 0 Å². The molecule has 1 aromatic heterocycles. The van der Waals surface area contributed by atoms with Crippen molar-refractivity contribution >= 4 is 11.7 Å². The minimum absolute atomic E-state index is 0.401. The Kier molecular flexibility index (Phi) is 3.72. The summed E-state index contributed by atoms with van der Waals surface area (Å²) in [5.74, 6) is -0.0953. The molecule has 19 heavy (non-hydrogen) atoms. The third kappa shape index (κ3) is 3.28. The van der Waals surface area contributed by atoms with Crippen LogP contribution in [0.5, 0.6) is 0 Å². The first-order valence-corrected chi connectivity index (χ1v) is 5.20. The van der Waals surface area contributed by atoms with Crippen molar-refractivity contribution < 1.29 is 9.18 Å². The number of aromatic nitrogens is 2. The Labute approximate surface area is 107 Å². The highest BCUT2D eigenvalue weighted by Gasteiger charge is 2.02. The van der Waals surface area contributed by atoms with Gasteiger partial charge in [0.2, 0.25) is 0 Å². The Morgan fingerprint density at radius 3 is 2.42 bits per heavy atom. The molecule has 0 saturated heterocycles. The van der Waals surface area contributed by atoms with E-state index in [9.17, 15) is 9.18 Å². The number of hydrazine groups is 1. The van der Waals surface area contributed by atoms with Crippen LogP contribution in [0.2, 0.25) is 0 Å². The molecule has 1 heterocycles. The van der Waals surface area contributed by atoms with Gasteiger partial charge in [-0.1, -0.05) is 5.11 Å². The summed E-state index contributed by atoms with van der Waals surface area (Å²) in [5, 5.41) is 2.66. The molecule has 96 valence electrons. The maximum Gasteiger partial charge on any atom is 0.377 e. The molecule has 2 aromatic rings. The van der Waals surface area contributed by atoms with E-state index in [1.165, 1.54) is 0 Å². The number of hydrogen-bond acceptors (Lipinski definition) is 5. The number of benzene rings is 1. The van der Waals surface area contributed by atoms with Gasteiger partial charge >= 0.3 is 6.03 Å². The molecule has 1 aromatic carbocycles. The third-order valence-electron chi connectivity index (χ3n) is 2.18. The van der Waals surface area contributed by atoms with Crippen molar-refractivity contribution in [2.75, 3.05) is 5.43 Å². The number of urea groups is 1. The molecule has 0 aliphatic rings.